The van der Waals surface area contributed by atoms with E-state index in [-0.39, 0.29) is 5.54 Å². The largest absolute Gasteiger partial charge is 0.388 e. The zero-order valence-electron chi connectivity index (χ0n) is 10.8. The lowest BCUT2D eigenvalue weighted by Gasteiger charge is -2.48. The van der Waals surface area contributed by atoms with Crippen LogP contribution in [0, 0.1) is 11.8 Å². The summed E-state index contributed by atoms with van der Waals surface area (Å²) >= 11 is 0. The zero-order chi connectivity index (χ0) is 11.8. The van der Waals surface area contributed by atoms with Gasteiger partial charge in [0.05, 0.1) is 5.60 Å². The molecule has 2 rings (SSSR count). The van der Waals surface area contributed by atoms with Crippen molar-refractivity contribution in [2.24, 2.45) is 17.6 Å². The minimum absolute atomic E-state index is 0.277. The molecule has 2 unspecified atom stereocenters. The summed E-state index contributed by atoms with van der Waals surface area (Å²) in [6.45, 7) is 4.54. The number of aliphatic hydroxyl groups is 1. The van der Waals surface area contributed by atoms with E-state index >= 15 is 0 Å². The smallest absolute Gasteiger partial charge is 0.0829 e. The van der Waals surface area contributed by atoms with E-state index in [4.69, 9.17) is 5.73 Å². The third-order valence-electron chi connectivity index (χ3n) is 5.13. The van der Waals surface area contributed by atoms with Crippen molar-refractivity contribution >= 4 is 0 Å². The van der Waals surface area contributed by atoms with Crippen LogP contribution in [0.4, 0.5) is 0 Å². The van der Waals surface area contributed by atoms with Crippen LogP contribution in [0.1, 0.15) is 65.2 Å². The van der Waals surface area contributed by atoms with Crippen LogP contribution < -0.4 is 5.73 Å². The molecule has 0 spiro atoms. The Labute approximate surface area is 99.6 Å². The molecule has 0 radical (unpaired) electrons. The first kappa shape index (κ1) is 12.4. The number of hydrogen-bond donors (Lipinski definition) is 2. The van der Waals surface area contributed by atoms with Gasteiger partial charge in [0.2, 0.25) is 0 Å². The van der Waals surface area contributed by atoms with Crippen molar-refractivity contribution in [2.75, 3.05) is 0 Å². The fourth-order valence-corrected chi connectivity index (χ4v) is 3.79. The molecule has 2 fully saturated rings. The maximum atomic E-state index is 10.9. The summed E-state index contributed by atoms with van der Waals surface area (Å²) in [6.07, 6.45) is 8.72. The second-order valence-electron chi connectivity index (χ2n) is 6.50. The molecule has 0 aromatic heterocycles. The predicted octanol–water partition coefficient (Wildman–Crippen LogP) is 2.84. The van der Waals surface area contributed by atoms with E-state index in [1.165, 1.54) is 19.3 Å². The predicted molar refractivity (Wildman–Crippen MR) is 67.1 cm³/mol. The van der Waals surface area contributed by atoms with Gasteiger partial charge in [-0.05, 0) is 43.9 Å². The van der Waals surface area contributed by atoms with Crippen molar-refractivity contribution < 1.29 is 5.11 Å². The van der Waals surface area contributed by atoms with Gasteiger partial charge in [0, 0.05) is 5.54 Å². The van der Waals surface area contributed by atoms with Crippen molar-refractivity contribution in [3.63, 3.8) is 0 Å². The molecule has 94 valence electrons. The highest BCUT2D eigenvalue weighted by Crippen LogP contribution is 2.47. The SMILES string of the molecule is CC(C)C1CCCC(O)(C2(N)CCCC2)C1. The molecular formula is C14H27NO. The average molecular weight is 225 g/mol. The second kappa shape index (κ2) is 4.30. The number of rotatable bonds is 2. The van der Waals surface area contributed by atoms with Gasteiger partial charge in [0.25, 0.3) is 0 Å². The first-order chi connectivity index (χ1) is 7.47. The van der Waals surface area contributed by atoms with Crippen LogP contribution in [0.3, 0.4) is 0 Å². The molecule has 0 saturated heterocycles. The van der Waals surface area contributed by atoms with Crippen LogP contribution in [0.2, 0.25) is 0 Å². The molecular weight excluding hydrogens is 198 g/mol. The zero-order valence-corrected chi connectivity index (χ0v) is 10.8. The first-order valence-electron chi connectivity index (χ1n) is 6.98. The lowest BCUT2D eigenvalue weighted by Crippen LogP contribution is -2.61. The van der Waals surface area contributed by atoms with E-state index < -0.39 is 5.60 Å². The van der Waals surface area contributed by atoms with Gasteiger partial charge in [0.15, 0.2) is 0 Å². The van der Waals surface area contributed by atoms with Crippen molar-refractivity contribution in [1.29, 1.82) is 0 Å². The lowest BCUT2D eigenvalue weighted by atomic mass is 9.65. The quantitative estimate of drug-likeness (QED) is 0.759. The molecule has 0 heterocycles. The minimum atomic E-state index is -0.573. The fraction of sp³-hybridized carbons (Fsp3) is 1.00. The van der Waals surface area contributed by atoms with Crippen LogP contribution in [0.5, 0.6) is 0 Å². The normalized spacial score (nSPS) is 39.2. The summed E-state index contributed by atoms with van der Waals surface area (Å²) in [6, 6.07) is 0. The highest BCUT2D eigenvalue weighted by Gasteiger charge is 2.51. The summed E-state index contributed by atoms with van der Waals surface area (Å²) < 4.78 is 0. The molecule has 0 amide bonds. The van der Waals surface area contributed by atoms with Gasteiger partial charge in [-0.25, -0.2) is 0 Å². The third kappa shape index (κ3) is 2.02. The molecule has 2 atom stereocenters. The topological polar surface area (TPSA) is 46.2 Å². The summed E-state index contributed by atoms with van der Waals surface area (Å²) in [5.74, 6) is 1.34. The standard InChI is InChI=1S/C14H27NO/c1-11(2)12-6-5-9-14(16,10-12)13(15)7-3-4-8-13/h11-12,16H,3-10,15H2,1-2H3. The van der Waals surface area contributed by atoms with Crippen molar-refractivity contribution in [3.05, 3.63) is 0 Å². The van der Waals surface area contributed by atoms with Gasteiger partial charge in [-0.2, -0.15) is 0 Å². The molecule has 16 heavy (non-hydrogen) atoms. The van der Waals surface area contributed by atoms with E-state index in [0.717, 1.165) is 32.1 Å². The molecule has 0 aliphatic heterocycles. The minimum Gasteiger partial charge on any atom is -0.388 e. The molecule has 0 aromatic rings. The Balaban J connectivity index is 2.11. The first-order valence-corrected chi connectivity index (χ1v) is 6.98. The Morgan fingerprint density at radius 3 is 2.31 bits per heavy atom. The molecule has 2 heteroatoms. The third-order valence-corrected chi connectivity index (χ3v) is 5.13. The van der Waals surface area contributed by atoms with Crippen LogP contribution in [-0.2, 0) is 0 Å². The van der Waals surface area contributed by atoms with E-state index in [1.54, 1.807) is 0 Å². The van der Waals surface area contributed by atoms with Gasteiger partial charge < -0.3 is 10.8 Å². The number of nitrogens with two attached hydrogens (primary N) is 1. The van der Waals surface area contributed by atoms with Crippen LogP contribution in [0.25, 0.3) is 0 Å². The van der Waals surface area contributed by atoms with Gasteiger partial charge in [-0.1, -0.05) is 33.1 Å². The second-order valence-corrected chi connectivity index (χ2v) is 6.50. The Bertz CT molecular complexity index is 245. The lowest BCUT2D eigenvalue weighted by molar-refractivity contribution is -0.0830. The Morgan fingerprint density at radius 2 is 1.75 bits per heavy atom. The van der Waals surface area contributed by atoms with Crippen LogP contribution in [0.15, 0.2) is 0 Å². The number of hydrogen-bond acceptors (Lipinski definition) is 2. The highest BCUT2D eigenvalue weighted by atomic mass is 16.3. The Kier molecular flexibility index (Phi) is 3.33. The van der Waals surface area contributed by atoms with Crippen molar-refractivity contribution in [2.45, 2.75) is 76.4 Å². The fourth-order valence-electron chi connectivity index (χ4n) is 3.79. The van der Waals surface area contributed by atoms with E-state index in [2.05, 4.69) is 13.8 Å². The summed E-state index contributed by atoms with van der Waals surface area (Å²) in [4.78, 5) is 0. The molecule has 2 aliphatic rings. The molecule has 0 aromatic carbocycles. The van der Waals surface area contributed by atoms with E-state index in [0.29, 0.717) is 11.8 Å². The van der Waals surface area contributed by atoms with Gasteiger partial charge >= 0.3 is 0 Å². The van der Waals surface area contributed by atoms with Crippen LogP contribution in [-0.4, -0.2) is 16.2 Å². The summed E-state index contributed by atoms with van der Waals surface area (Å²) in [7, 11) is 0. The van der Waals surface area contributed by atoms with Gasteiger partial charge in [-0.3, -0.25) is 0 Å². The van der Waals surface area contributed by atoms with E-state index in [1.807, 2.05) is 0 Å². The summed E-state index contributed by atoms with van der Waals surface area (Å²) in [5.41, 5.74) is 5.63. The monoisotopic (exact) mass is 225 g/mol. The molecule has 2 saturated carbocycles. The van der Waals surface area contributed by atoms with Gasteiger partial charge in [0.1, 0.15) is 0 Å². The van der Waals surface area contributed by atoms with Crippen molar-refractivity contribution in [3.8, 4) is 0 Å². The molecule has 2 nitrogen and oxygen atoms in total. The van der Waals surface area contributed by atoms with E-state index in [9.17, 15) is 5.11 Å². The maximum absolute atomic E-state index is 10.9. The Hall–Kier alpha value is -0.0800. The molecule has 3 N–H and O–H groups in total. The maximum Gasteiger partial charge on any atom is 0.0829 e. The highest BCUT2D eigenvalue weighted by molar-refractivity contribution is 5.08. The molecule has 0 bridgehead atoms. The Morgan fingerprint density at radius 1 is 1.12 bits per heavy atom. The molecule has 2 aliphatic carbocycles. The van der Waals surface area contributed by atoms with Crippen LogP contribution >= 0.6 is 0 Å². The summed E-state index contributed by atoms with van der Waals surface area (Å²) in [5, 5.41) is 10.9. The van der Waals surface area contributed by atoms with Gasteiger partial charge in [-0.15, -0.1) is 0 Å². The average Bonchev–Trinajstić information content (AvgIpc) is 2.67. The van der Waals surface area contributed by atoms with Crippen molar-refractivity contribution in [1.82, 2.24) is 0 Å².